The summed E-state index contributed by atoms with van der Waals surface area (Å²) in [6, 6.07) is 0. The predicted molar refractivity (Wildman–Crippen MR) is 56.2 cm³/mol. The predicted octanol–water partition coefficient (Wildman–Crippen LogP) is 1.47. The Morgan fingerprint density at radius 2 is 1.40 bits per heavy atom. The Kier molecular flexibility index (Phi) is 7.31. The van der Waals surface area contributed by atoms with Crippen LogP contribution in [0.2, 0.25) is 0 Å². The van der Waals surface area contributed by atoms with Gasteiger partial charge in [-0.1, -0.05) is 36.5 Å². The largest absolute Gasteiger partial charge is 0.478 e. The van der Waals surface area contributed by atoms with Crippen molar-refractivity contribution in [2.45, 2.75) is 0 Å². The number of rotatable bonds is 5. The molecular weight excluding hydrogens is 196 g/mol. The summed E-state index contributed by atoms with van der Waals surface area (Å²) in [6.45, 7) is 0. The Morgan fingerprint density at radius 1 is 0.933 bits per heavy atom. The van der Waals surface area contributed by atoms with E-state index < -0.39 is 11.9 Å². The van der Waals surface area contributed by atoms with Crippen LogP contribution in [0.4, 0.5) is 0 Å². The number of aliphatic carboxylic acids is 1. The minimum absolute atomic E-state index is 0.422. The Bertz CT molecular complexity index is 321. The van der Waals surface area contributed by atoms with Crippen LogP contribution < -0.4 is 0 Å². The summed E-state index contributed by atoms with van der Waals surface area (Å²) in [5, 5.41) is 8.24. The van der Waals surface area contributed by atoms with Gasteiger partial charge < -0.3 is 9.84 Å². The molecular formula is C11H12O4. The lowest BCUT2D eigenvalue weighted by Crippen LogP contribution is -1.92. The molecule has 0 aliphatic carbocycles. The Labute approximate surface area is 87.9 Å². The highest BCUT2D eigenvalue weighted by molar-refractivity contribution is 5.82. The number of methoxy groups -OCH3 is 1. The maximum atomic E-state index is 10.6. The number of hydrogen-bond acceptors (Lipinski definition) is 3. The second-order valence-electron chi connectivity index (χ2n) is 2.35. The normalized spacial score (nSPS) is 12.1. The van der Waals surface area contributed by atoms with Crippen LogP contribution in [0.1, 0.15) is 0 Å². The summed E-state index contributed by atoms with van der Waals surface area (Å²) < 4.78 is 4.37. The molecule has 0 atom stereocenters. The van der Waals surface area contributed by atoms with Crippen LogP contribution in [0.25, 0.3) is 0 Å². The number of hydrogen-bond donors (Lipinski definition) is 1. The van der Waals surface area contributed by atoms with Gasteiger partial charge in [0.05, 0.1) is 7.11 Å². The van der Waals surface area contributed by atoms with Crippen molar-refractivity contribution in [3.8, 4) is 0 Å². The number of carbonyl (C=O) groups is 2. The maximum Gasteiger partial charge on any atom is 0.330 e. The van der Waals surface area contributed by atoms with E-state index in [1.54, 1.807) is 24.3 Å². The molecule has 0 saturated carbocycles. The van der Waals surface area contributed by atoms with Crippen molar-refractivity contribution in [2.24, 2.45) is 0 Å². The van der Waals surface area contributed by atoms with E-state index in [1.165, 1.54) is 25.3 Å². The molecule has 80 valence electrons. The molecule has 1 N–H and O–H groups in total. The molecule has 0 aromatic carbocycles. The number of ether oxygens (including phenoxy) is 1. The molecule has 0 aromatic rings. The fraction of sp³-hybridized carbons (Fsp3) is 0.0909. The summed E-state index contributed by atoms with van der Waals surface area (Å²) in [6.07, 6.45) is 11.7. The van der Waals surface area contributed by atoms with Gasteiger partial charge in [-0.2, -0.15) is 0 Å². The van der Waals surface area contributed by atoms with E-state index in [1.807, 2.05) is 0 Å². The van der Waals surface area contributed by atoms with Gasteiger partial charge in [0.25, 0.3) is 0 Å². The summed E-state index contributed by atoms with van der Waals surface area (Å²) in [4.78, 5) is 20.6. The van der Waals surface area contributed by atoms with Crippen LogP contribution in [0.15, 0.2) is 48.6 Å². The highest BCUT2D eigenvalue weighted by Gasteiger charge is 1.85. The Balaban J connectivity index is 3.85. The zero-order chi connectivity index (χ0) is 11.5. The number of carbonyl (C=O) groups excluding carboxylic acids is 1. The lowest BCUT2D eigenvalue weighted by molar-refractivity contribution is -0.135. The van der Waals surface area contributed by atoms with Crippen LogP contribution in [-0.2, 0) is 14.3 Å². The van der Waals surface area contributed by atoms with E-state index in [0.717, 1.165) is 6.08 Å². The van der Waals surface area contributed by atoms with E-state index in [-0.39, 0.29) is 0 Å². The third kappa shape index (κ3) is 9.82. The van der Waals surface area contributed by atoms with Crippen LogP contribution in [0.3, 0.4) is 0 Å². The molecule has 0 radical (unpaired) electrons. The van der Waals surface area contributed by atoms with Crippen molar-refractivity contribution in [3.63, 3.8) is 0 Å². The lowest BCUT2D eigenvalue weighted by atomic mass is 10.4. The summed E-state index contributed by atoms with van der Waals surface area (Å²) in [5.41, 5.74) is 0. The molecule has 0 amide bonds. The minimum Gasteiger partial charge on any atom is -0.478 e. The molecule has 4 heteroatoms. The average molecular weight is 208 g/mol. The van der Waals surface area contributed by atoms with Crippen LogP contribution in [0, 0.1) is 0 Å². The molecule has 0 bridgehead atoms. The van der Waals surface area contributed by atoms with Gasteiger partial charge in [-0.25, -0.2) is 9.59 Å². The van der Waals surface area contributed by atoms with E-state index in [0.29, 0.717) is 0 Å². The molecule has 4 nitrogen and oxygen atoms in total. The quantitative estimate of drug-likeness (QED) is 0.422. The standard InChI is InChI=1S/C11H12O4/c1-15-11(14)9-7-5-3-2-4-6-8-10(12)13/h2-9H,1H3,(H,12,13)/b4-2+,5-3+,8-6+,9-7+. The average Bonchev–Trinajstić information content (AvgIpc) is 2.21. The molecule has 0 aromatic heterocycles. The van der Waals surface area contributed by atoms with Crippen molar-refractivity contribution in [1.82, 2.24) is 0 Å². The SMILES string of the molecule is COC(=O)/C=C/C=C/C=C/C=C/C(=O)O. The first kappa shape index (κ1) is 12.9. The molecule has 0 aliphatic rings. The third-order valence-electron chi connectivity index (χ3n) is 1.23. The van der Waals surface area contributed by atoms with Gasteiger partial charge in [-0.3, -0.25) is 0 Å². The second kappa shape index (κ2) is 8.50. The first-order valence-electron chi connectivity index (χ1n) is 4.15. The van der Waals surface area contributed by atoms with Gasteiger partial charge in [-0.15, -0.1) is 0 Å². The summed E-state index contributed by atoms with van der Waals surface area (Å²) in [7, 11) is 1.30. The van der Waals surface area contributed by atoms with Gasteiger partial charge >= 0.3 is 11.9 Å². The highest BCUT2D eigenvalue weighted by atomic mass is 16.5. The van der Waals surface area contributed by atoms with Gasteiger partial charge in [0.15, 0.2) is 0 Å². The van der Waals surface area contributed by atoms with E-state index in [4.69, 9.17) is 5.11 Å². The monoisotopic (exact) mass is 208 g/mol. The summed E-state index contributed by atoms with van der Waals surface area (Å²) in [5.74, 6) is -1.41. The fourth-order valence-electron chi connectivity index (χ4n) is 0.597. The molecule has 0 saturated heterocycles. The second-order valence-corrected chi connectivity index (χ2v) is 2.35. The molecule has 15 heavy (non-hydrogen) atoms. The maximum absolute atomic E-state index is 10.6. The van der Waals surface area contributed by atoms with Crippen molar-refractivity contribution in [1.29, 1.82) is 0 Å². The molecule has 0 aliphatic heterocycles. The molecule has 0 rings (SSSR count). The smallest absolute Gasteiger partial charge is 0.330 e. The van der Waals surface area contributed by atoms with E-state index >= 15 is 0 Å². The number of carboxylic acid groups (broad SMARTS) is 1. The molecule has 0 spiro atoms. The molecule has 0 fully saturated rings. The number of carboxylic acids is 1. The Hall–Kier alpha value is -2.10. The third-order valence-corrected chi connectivity index (χ3v) is 1.23. The van der Waals surface area contributed by atoms with Crippen LogP contribution in [-0.4, -0.2) is 24.2 Å². The highest BCUT2D eigenvalue weighted by Crippen LogP contribution is 1.83. The lowest BCUT2D eigenvalue weighted by Gasteiger charge is -1.85. The fourth-order valence-corrected chi connectivity index (χ4v) is 0.597. The Morgan fingerprint density at radius 3 is 1.87 bits per heavy atom. The zero-order valence-corrected chi connectivity index (χ0v) is 8.29. The van der Waals surface area contributed by atoms with E-state index in [2.05, 4.69) is 4.74 Å². The van der Waals surface area contributed by atoms with Crippen molar-refractivity contribution in [3.05, 3.63) is 48.6 Å². The summed E-state index contributed by atoms with van der Waals surface area (Å²) >= 11 is 0. The van der Waals surface area contributed by atoms with Crippen molar-refractivity contribution < 1.29 is 19.4 Å². The van der Waals surface area contributed by atoms with Gasteiger partial charge in [0.2, 0.25) is 0 Å². The first-order chi connectivity index (χ1) is 7.16. The van der Waals surface area contributed by atoms with Crippen molar-refractivity contribution >= 4 is 11.9 Å². The number of esters is 1. The number of allylic oxidation sites excluding steroid dienone is 6. The minimum atomic E-state index is -0.991. The van der Waals surface area contributed by atoms with Gasteiger partial charge in [-0.05, 0) is 0 Å². The zero-order valence-electron chi connectivity index (χ0n) is 8.29. The van der Waals surface area contributed by atoms with Gasteiger partial charge in [0, 0.05) is 12.2 Å². The molecule has 0 heterocycles. The first-order valence-corrected chi connectivity index (χ1v) is 4.15. The van der Waals surface area contributed by atoms with E-state index in [9.17, 15) is 9.59 Å². The van der Waals surface area contributed by atoms with Crippen LogP contribution in [0.5, 0.6) is 0 Å². The topological polar surface area (TPSA) is 63.6 Å². The molecule has 0 unspecified atom stereocenters. The van der Waals surface area contributed by atoms with Crippen molar-refractivity contribution in [2.75, 3.05) is 7.11 Å². The van der Waals surface area contributed by atoms with Crippen LogP contribution >= 0.6 is 0 Å². The van der Waals surface area contributed by atoms with Gasteiger partial charge in [0.1, 0.15) is 0 Å².